The zero-order chi connectivity index (χ0) is 19.8. The summed E-state index contributed by atoms with van der Waals surface area (Å²) in [6.45, 7) is 1.80. The van der Waals surface area contributed by atoms with Gasteiger partial charge in [0.25, 0.3) is 0 Å². The molecule has 1 N–H and O–H groups in total. The van der Waals surface area contributed by atoms with Gasteiger partial charge in [0.05, 0.1) is 18.7 Å². The quantitative estimate of drug-likeness (QED) is 0.336. The van der Waals surface area contributed by atoms with Gasteiger partial charge in [-0.05, 0) is 46.9 Å². The molecule has 7 nitrogen and oxygen atoms in total. The molecule has 0 saturated carbocycles. The predicted molar refractivity (Wildman–Crippen MR) is 117 cm³/mol. The van der Waals surface area contributed by atoms with E-state index in [4.69, 9.17) is 18.9 Å². The zero-order valence-electron chi connectivity index (χ0n) is 15.8. The number of anilines is 2. The highest BCUT2D eigenvalue weighted by Gasteiger charge is 2.13. The lowest BCUT2D eigenvalue weighted by Gasteiger charge is -2.15. The molecule has 0 unspecified atom stereocenters. The number of rotatable bonds is 10. The summed E-state index contributed by atoms with van der Waals surface area (Å²) in [4.78, 5) is 8.79. The second-order valence-electron chi connectivity index (χ2n) is 5.86. The molecule has 0 amide bonds. The van der Waals surface area contributed by atoms with Gasteiger partial charge in [-0.1, -0.05) is 6.07 Å². The second kappa shape index (κ2) is 10.4. The molecule has 0 radical (unpaired) electrons. The molecule has 3 rings (SSSR count). The summed E-state index contributed by atoms with van der Waals surface area (Å²) in [5, 5.41) is 4.20. The highest BCUT2D eigenvalue weighted by Crippen LogP contribution is 2.35. The molecule has 0 aliphatic carbocycles. The van der Waals surface area contributed by atoms with Crippen LogP contribution in [0.2, 0.25) is 0 Å². The number of hydrogen-bond acceptors (Lipinski definition) is 7. The minimum absolute atomic E-state index is 0.413. The minimum Gasteiger partial charge on any atom is -0.487 e. The van der Waals surface area contributed by atoms with Gasteiger partial charge in [0.1, 0.15) is 25.4 Å². The van der Waals surface area contributed by atoms with Gasteiger partial charge in [-0.3, -0.25) is 0 Å². The summed E-state index contributed by atoms with van der Waals surface area (Å²) in [6.07, 6.45) is 1.53. The molecule has 8 heteroatoms. The first kappa shape index (κ1) is 20.6. The molecule has 2 aromatic carbocycles. The van der Waals surface area contributed by atoms with Crippen molar-refractivity contribution in [2.24, 2.45) is 0 Å². The SMILES string of the molecule is COCCOc1cc2ncnc(Nc3cccc(I)c3)c2cc1OCCOC. The molecule has 3 aromatic rings. The molecule has 148 valence electrons. The lowest BCUT2D eigenvalue weighted by atomic mass is 10.2. The standard InChI is InChI=1S/C20H22IN3O4/c1-25-6-8-27-18-11-16-17(12-19(18)28-9-7-26-2)22-13-23-20(16)24-15-5-3-4-14(21)10-15/h3-5,10-13H,6-9H2,1-2H3,(H,22,23,24). The topological polar surface area (TPSA) is 74.7 Å². The number of ether oxygens (including phenoxy) is 4. The highest BCUT2D eigenvalue weighted by molar-refractivity contribution is 14.1. The van der Waals surface area contributed by atoms with Gasteiger partial charge in [0, 0.05) is 34.9 Å². The van der Waals surface area contributed by atoms with E-state index >= 15 is 0 Å². The van der Waals surface area contributed by atoms with Crippen molar-refractivity contribution in [3.63, 3.8) is 0 Å². The number of nitrogens with zero attached hydrogens (tertiary/aromatic N) is 2. The molecule has 28 heavy (non-hydrogen) atoms. The Labute approximate surface area is 177 Å². The van der Waals surface area contributed by atoms with Crippen LogP contribution in [0.15, 0.2) is 42.7 Å². The number of halogens is 1. The Morgan fingerprint density at radius 3 is 2.29 bits per heavy atom. The Hall–Kier alpha value is -2.17. The zero-order valence-corrected chi connectivity index (χ0v) is 17.9. The average molecular weight is 495 g/mol. The molecule has 1 heterocycles. The van der Waals surface area contributed by atoms with Gasteiger partial charge >= 0.3 is 0 Å². The van der Waals surface area contributed by atoms with E-state index in [0.29, 0.717) is 43.7 Å². The van der Waals surface area contributed by atoms with Crippen molar-refractivity contribution in [3.05, 3.63) is 46.3 Å². The van der Waals surface area contributed by atoms with Crippen molar-refractivity contribution in [3.8, 4) is 11.5 Å². The summed E-state index contributed by atoms with van der Waals surface area (Å²) in [5.41, 5.74) is 1.71. The van der Waals surface area contributed by atoms with E-state index in [1.807, 2.05) is 36.4 Å². The molecule has 0 fully saturated rings. The Morgan fingerprint density at radius 2 is 1.61 bits per heavy atom. The van der Waals surface area contributed by atoms with Crippen LogP contribution in [0.5, 0.6) is 11.5 Å². The number of aromatic nitrogens is 2. The van der Waals surface area contributed by atoms with E-state index in [1.54, 1.807) is 14.2 Å². The van der Waals surface area contributed by atoms with Gasteiger partial charge in [0.2, 0.25) is 0 Å². The van der Waals surface area contributed by atoms with Crippen LogP contribution in [0.4, 0.5) is 11.5 Å². The Bertz CT molecular complexity index is 923. The molecule has 0 saturated heterocycles. The maximum Gasteiger partial charge on any atom is 0.163 e. The van der Waals surface area contributed by atoms with E-state index in [2.05, 4.69) is 37.9 Å². The third kappa shape index (κ3) is 5.43. The first-order valence-corrected chi connectivity index (χ1v) is 9.84. The molecular formula is C20H22IN3O4. The highest BCUT2D eigenvalue weighted by atomic mass is 127. The summed E-state index contributed by atoms with van der Waals surface area (Å²) >= 11 is 2.28. The van der Waals surface area contributed by atoms with Gasteiger partial charge < -0.3 is 24.3 Å². The van der Waals surface area contributed by atoms with E-state index in [1.165, 1.54) is 6.33 Å². The first-order valence-electron chi connectivity index (χ1n) is 8.76. The molecular weight excluding hydrogens is 473 g/mol. The fourth-order valence-electron chi connectivity index (χ4n) is 2.56. The maximum atomic E-state index is 5.87. The smallest absolute Gasteiger partial charge is 0.163 e. The molecule has 0 aliphatic heterocycles. The number of fused-ring (bicyclic) bond motifs is 1. The van der Waals surface area contributed by atoms with Crippen LogP contribution in [0.3, 0.4) is 0 Å². The summed E-state index contributed by atoms with van der Waals surface area (Å²) in [6, 6.07) is 11.8. The normalized spacial score (nSPS) is 10.8. The molecule has 0 atom stereocenters. The maximum absolute atomic E-state index is 5.87. The Morgan fingerprint density at radius 1 is 0.893 bits per heavy atom. The summed E-state index contributed by atoms with van der Waals surface area (Å²) < 4.78 is 23.0. The average Bonchev–Trinajstić information content (AvgIpc) is 2.69. The van der Waals surface area contributed by atoms with Crippen LogP contribution in [0, 0.1) is 3.57 Å². The van der Waals surface area contributed by atoms with E-state index in [-0.39, 0.29) is 0 Å². The minimum atomic E-state index is 0.413. The molecule has 0 spiro atoms. The third-order valence-corrected chi connectivity index (χ3v) is 4.55. The molecule has 1 aromatic heterocycles. The van der Waals surface area contributed by atoms with E-state index < -0.39 is 0 Å². The predicted octanol–water partition coefficient (Wildman–Crippen LogP) is 4.03. The summed E-state index contributed by atoms with van der Waals surface area (Å²) in [5.74, 6) is 1.92. The van der Waals surface area contributed by atoms with Crippen LogP contribution in [-0.4, -0.2) is 50.6 Å². The van der Waals surface area contributed by atoms with Gasteiger partial charge in [-0.2, -0.15) is 0 Å². The van der Waals surface area contributed by atoms with E-state index in [0.717, 1.165) is 20.2 Å². The van der Waals surface area contributed by atoms with Crippen molar-refractivity contribution in [1.29, 1.82) is 0 Å². The lowest BCUT2D eigenvalue weighted by molar-refractivity contribution is 0.132. The van der Waals surface area contributed by atoms with Crippen LogP contribution in [0.25, 0.3) is 10.9 Å². The van der Waals surface area contributed by atoms with Crippen LogP contribution >= 0.6 is 22.6 Å². The number of benzene rings is 2. The fourth-order valence-corrected chi connectivity index (χ4v) is 3.11. The number of hydrogen-bond donors (Lipinski definition) is 1. The van der Waals surface area contributed by atoms with Gasteiger partial charge in [-0.15, -0.1) is 0 Å². The summed E-state index contributed by atoms with van der Waals surface area (Å²) in [7, 11) is 3.27. The van der Waals surface area contributed by atoms with Crippen molar-refractivity contribution in [2.75, 3.05) is 46.0 Å². The Kier molecular flexibility index (Phi) is 7.63. The van der Waals surface area contributed by atoms with Crippen LogP contribution in [-0.2, 0) is 9.47 Å². The number of methoxy groups -OCH3 is 2. The van der Waals surface area contributed by atoms with Crippen LogP contribution < -0.4 is 14.8 Å². The van der Waals surface area contributed by atoms with Gasteiger partial charge in [-0.25, -0.2) is 9.97 Å². The van der Waals surface area contributed by atoms with Gasteiger partial charge in [0.15, 0.2) is 11.5 Å². The fraction of sp³-hybridized carbons (Fsp3) is 0.300. The van der Waals surface area contributed by atoms with Crippen LogP contribution in [0.1, 0.15) is 0 Å². The van der Waals surface area contributed by atoms with Crippen molar-refractivity contribution >= 4 is 45.0 Å². The Balaban J connectivity index is 1.95. The molecule has 0 bridgehead atoms. The third-order valence-electron chi connectivity index (χ3n) is 3.88. The van der Waals surface area contributed by atoms with Crippen molar-refractivity contribution in [1.82, 2.24) is 9.97 Å². The molecule has 0 aliphatic rings. The first-order chi connectivity index (χ1) is 13.7. The van der Waals surface area contributed by atoms with Crippen molar-refractivity contribution < 1.29 is 18.9 Å². The second-order valence-corrected chi connectivity index (χ2v) is 7.10. The number of nitrogens with one attached hydrogen (secondary N) is 1. The van der Waals surface area contributed by atoms with E-state index in [9.17, 15) is 0 Å². The monoisotopic (exact) mass is 495 g/mol. The lowest BCUT2D eigenvalue weighted by Crippen LogP contribution is -2.09. The largest absolute Gasteiger partial charge is 0.487 e. The van der Waals surface area contributed by atoms with Crippen molar-refractivity contribution in [2.45, 2.75) is 0 Å².